The molecule has 0 unspecified atom stereocenters. The van der Waals surface area contributed by atoms with Crippen LogP contribution < -0.4 is 0 Å². The quantitative estimate of drug-likeness (QED) is 0.344. The Hall–Kier alpha value is -0.573. The molecule has 2 nitrogen and oxygen atoms in total. The fourth-order valence-electron chi connectivity index (χ4n) is 0.565. The van der Waals surface area contributed by atoms with Gasteiger partial charge in [-0.2, -0.15) is 0 Å². The number of ketones is 1. The molecule has 0 fully saturated rings. The van der Waals surface area contributed by atoms with E-state index in [4.69, 9.17) is 4.74 Å². The van der Waals surface area contributed by atoms with Gasteiger partial charge in [0, 0.05) is 12.5 Å². The molecule has 0 aliphatic carbocycles. The van der Waals surface area contributed by atoms with E-state index >= 15 is 0 Å². The molecule has 0 aliphatic rings. The van der Waals surface area contributed by atoms with Crippen LogP contribution in [0.2, 0.25) is 0 Å². The fourth-order valence-corrected chi connectivity index (χ4v) is 0.751. The zero-order chi connectivity index (χ0) is 7.98. The fraction of sp³-hybridized carbons (Fsp3) is 0.571. The third-order valence-corrected chi connectivity index (χ3v) is 1.11. The molecule has 0 bridgehead atoms. The molecule has 0 aromatic carbocycles. The number of carbonyl (C=O) groups excluding carboxylic acids is 1. The Balaban J connectivity index is 3.91. The Kier molecular flexibility index (Phi) is 4.93. The summed E-state index contributed by atoms with van der Waals surface area (Å²) in [5.74, 6) is 0.750. The first-order chi connectivity index (χ1) is 4.70. The average Bonchev–Trinajstić information content (AvgIpc) is 1.86. The second-order valence-electron chi connectivity index (χ2n) is 1.86. The van der Waals surface area contributed by atoms with Crippen molar-refractivity contribution < 1.29 is 9.53 Å². The molecule has 10 heavy (non-hydrogen) atoms. The van der Waals surface area contributed by atoms with E-state index in [1.165, 1.54) is 13.0 Å². The van der Waals surface area contributed by atoms with E-state index in [0.717, 1.165) is 12.2 Å². The van der Waals surface area contributed by atoms with Crippen LogP contribution in [0.3, 0.4) is 0 Å². The predicted octanol–water partition coefficient (Wildman–Crippen LogP) is 1.01. The molecule has 0 saturated carbocycles. The van der Waals surface area contributed by atoms with Crippen LogP contribution >= 0.6 is 0 Å². The summed E-state index contributed by atoms with van der Waals surface area (Å²) in [6.07, 6.45) is 2.69. The summed E-state index contributed by atoms with van der Waals surface area (Å²) in [4.78, 5) is 10.5. The maximum atomic E-state index is 10.5. The van der Waals surface area contributed by atoms with E-state index in [9.17, 15) is 4.79 Å². The second kappa shape index (κ2) is 5.23. The van der Waals surface area contributed by atoms with E-state index in [1.807, 2.05) is 6.92 Å². The first kappa shape index (κ1) is 9.43. The van der Waals surface area contributed by atoms with Gasteiger partial charge in [-0.15, -0.1) is 0 Å². The molecule has 0 aromatic rings. The van der Waals surface area contributed by atoms with E-state index in [1.54, 1.807) is 0 Å². The molecule has 3 radical (unpaired) electrons. The largest absolute Gasteiger partial charge is 0.502 e. The highest BCUT2D eigenvalue weighted by molar-refractivity contribution is 6.08. The normalized spacial score (nSPS) is 11.3. The Morgan fingerprint density at radius 1 is 1.70 bits per heavy atom. The van der Waals surface area contributed by atoms with Gasteiger partial charge in [0.05, 0.1) is 22.2 Å². The molecule has 3 heteroatoms. The smallest absolute Gasteiger partial charge is 0.155 e. The van der Waals surface area contributed by atoms with Gasteiger partial charge in [0.1, 0.15) is 0 Å². The Morgan fingerprint density at radius 3 is 2.60 bits per heavy atom. The Labute approximate surface area is 64.7 Å². The number of allylic oxidation sites excluding steroid dienone is 2. The van der Waals surface area contributed by atoms with E-state index in [2.05, 4.69) is 10.2 Å². The molecule has 0 aromatic heterocycles. The van der Waals surface area contributed by atoms with Gasteiger partial charge in [-0.3, -0.25) is 4.79 Å². The third kappa shape index (κ3) is 4.32. The summed E-state index contributed by atoms with van der Waals surface area (Å²) in [5.41, 5.74) is 0. The van der Waals surface area contributed by atoms with Crippen molar-refractivity contribution in [1.29, 1.82) is 0 Å². The van der Waals surface area contributed by atoms with Crippen LogP contribution in [-0.2, 0) is 9.53 Å². The van der Waals surface area contributed by atoms with Gasteiger partial charge in [-0.05, 0) is 6.92 Å². The summed E-state index contributed by atoms with van der Waals surface area (Å²) < 4.78 is 5.06. The standard InChI is InChI=1S/C7H11O2Si/c1-3-7(9-5-10)4-6(2)8/h4H,3,5H2,1-2H3/b7-4-. The minimum Gasteiger partial charge on any atom is -0.502 e. The van der Waals surface area contributed by atoms with Crippen LogP contribution in [0.4, 0.5) is 0 Å². The maximum absolute atomic E-state index is 10.5. The van der Waals surface area contributed by atoms with Gasteiger partial charge >= 0.3 is 0 Å². The van der Waals surface area contributed by atoms with Crippen molar-refractivity contribution in [3.05, 3.63) is 11.8 Å². The maximum Gasteiger partial charge on any atom is 0.155 e. The average molecular weight is 155 g/mol. The summed E-state index contributed by atoms with van der Waals surface area (Å²) >= 11 is 0. The molecule has 0 saturated heterocycles. The molecule has 0 N–H and O–H groups in total. The lowest BCUT2D eigenvalue weighted by molar-refractivity contribution is -0.112. The molecular weight excluding hydrogens is 144 g/mol. The Bertz CT molecular complexity index is 141. The predicted molar refractivity (Wildman–Crippen MR) is 40.8 cm³/mol. The molecule has 0 rings (SSSR count). The molecule has 0 atom stereocenters. The van der Waals surface area contributed by atoms with E-state index in [-0.39, 0.29) is 5.78 Å². The minimum absolute atomic E-state index is 0.0250. The molecule has 0 amide bonds. The lowest BCUT2D eigenvalue weighted by atomic mass is 10.3. The van der Waals surface area contributed by atoms with Gasteiger partial charge < -0.3 is 4.74 Å². The number of carbonyl (C=O) groups is 1. The van der Waals surface area contributed by atoms with Gasteiger partial charge in [-0.25, -0.2) is 0 Å². The van der Waals surface area contributed by atoms with Crippen molar-refractivity contribution in [3.8, 4) is 0 Å². The van der Waals surface area contributed by atoms with Crippen molar-refractivity contribution in [1.82, 2.24) is 0 Å². The number of ether oxygens (including phenoxy) is 1. The number of rotatable bonds is 4. The van der Waals surface area contributed by atoms with E-state index < -0.39 is 0 Å². The van der Waals surface area contributed by atoms with Crippen molar-refractivity contribution >= 4 is 16.0 Å². The van der Waals surface area contributed by atoms with Gasteiger partial charge in [0.2, 0.25) is 0 Å². The van der Waals surface area contributed by atoms with Crippen LogP contribution in [0.1, 0.15) is 20.3 Å². The number of hydrogen-bond donors (Lipinski definition) is 0. The lowest BCUT2D eigenvalue weighted by Crippen LogP contribution is -1.95. The van der Waals surface area contributed by atoms with Gasteiger partial charge in [0.25, 0.3) is 0 Å². The SMILES string of the molecule is CC/C(=C/C(C)=O)OC[Si]. The molecule has 0 heterocycles. The van der Waals surface area contributed by atoms with Crippen molar-refractivity contribution in [2.75, 3.05) is 6.23 Å². The monoisotopic (exact) mass is 155 g/mol. The first-order valence-electron chi connectivity index (χ1n) is 3.19. The second-order valence-corrected chi connectivity index (χ2v) is 2.15. The highest BCUT2D eigenvalue weighted by Crippen LogP contribution is 2.00. The van der Waals surface area contributed by atoms with Gasteiger partial charge in [0.15, 0.2) is 5.78 Å². The lowest BCUT2D eigenvalue weighted by Gasteiger charge is -2.03. The van der Waals surface area contributed by atoms with Crippen LogP contribution in [0.15, 0.2) is 11.8 Å². The first-order valence-corrected chi connectivity index (χ1v) is 3.90. The van der Waals surface area contributed by atoms with Gasteiger partial charge in [-0.1, -0.05) is 6.92 Å². The van der Waals surface area contributed by atoms with Crippen LogP contribution in [0.25, 0.3) is 0 Å². The van der Waals surface area contributed by atoms with Crippen molar-refractivity contribution in [2.45, 2.75) is 20.3 Å². The highest BCUT2D eigenvalue weighted by atomic mass is 28.1. The van der Waals surface area contributed by atoms with E-state index in [0.29, 0.717) is 6.23 Å². The summed E-state index contributed by atoms with van der Waals surface area (Å²) in [7, 11) is 3.15. The molecule has 0 spiro atoms. The van der Waals surface area contributed by atoms with Crippen LogP contribution in [0.5, 0.6) is 0 Å². The number of hydrogen-bond acceptors (Lipinski definition) is 2. The van der Waals surface area contributed by atoms with Crippen molar-refractivity contribution in [3.63, 3.8) is 0 Å². The minimum atomic E-state index is 0.0250. The third-order valence-electron chi connectivity index (χ3n) is 0.970. The molecule has 55 valence electrons. The molecule has 0 aliphatic heterocycles. The zero-order valence-corrected chi connectivity index (χ0v) is 7.31. The zero-order valence-electron chi connectivity index (χ0n) is 6.31. The van der Waals surface area contributed by atoms with Crippen LogP contribution in [0, 0.1) is 0 Å². The molecular formula is C7H11O2Si. The summed E-state index contributed by atoms with van der Waals surface area (Å²) in [5, 5.41) is 0. The Morgan fingerprint density at radius 2 is 2.30 bits per heavy atom. The van der Waals surface area contributed by atoms with Crippen LogP contribution in [-0.4, -0.2) is 22.3 Å². The highest BCUT2D eigenvalue weighted by Gasteiger charge is 1.93. The van der Waals surface area contributed by atoms with Crippen molar-refractivity contribution in [2.24, 2.45) is 0 Å². The summed E-state index contributed by atoms with van der Waals surface area (Å²) in [6, 6.07) is 0. The topological polar surface area (TPSA) is 26.3 Å². The summed E-state index contributed by atoms with van der Waals surface area (Å²) in [6.45, 7) is 3.45.